The van der Waals surface area contributed by atoms with Crippen LogP contribution in [-0.4, -0.2) is 39.3 Å². The lowest BCUT2D eigenvalue weighted by atomic mass is 9.96. The average molecular weight is 570 g/mol. The number of aromatic nitrogens is 2. The van der Waals surface area contributed by atoms with Gasteiger partial charge in [0.05, 0.1) is 23.9 Å². The van der Waals surface area contributed by atoms with Crippen molar-refractivity contribution in [3.05, 3.63) is 111 Å². The van der Waals surface area contributed by atoms with Gasteiger partial charge in [-0.05, 0) is 68.3 Å². The van der Waals surface area contributed by atoms with Gasteiger partial charge in [-0.3, -0.25) is 19.5 Å². The molecule has 3 heterocycles. The Morgan fingerprint density at radius 1 is 1.05 bits per heavy atom. The van der Waals surface area contributed by atoms with E-state index in [0.29, 0.717) is 29.2 Å². The van der Waals surface area contributed by atoms with Crippen LogP contribution in [-0.2, 0) is 20.9 Å². The van der Waals surface area contributed by atoms with Gasteiger partial charge in [-0.15, -0.1) is 0 Å². The summed E-state index contributed by atoms with van der Waals surface area (Å²) in [5, 5.41) is 11.5. The number of carbonyl (C=O) groups is 3. The first-order valence-electron chi connectivity index (χ1n) is 12.9. The highest BCUT2D eigenvalue weighted by molar-refractivity contribution is 7.17. The summed E-state index contributed by atoms with van der Waals surface area (Å²) in [6.45, 7) is 5.90. The van der Waals surface area contributed by atoms with E-state index in [2.05, 4.69) is 9.97 Å². The van der Waals surface area contributed by atoms with Crippen LogP contribution in [0.3, 0.4) is 0 Å². The zero-order valence-corrected chi connectivity index (χ0v) is 23.5. The number of pyridine rings is 1. The van der Waals surface area contributed by atoms with Crippen LogP contribution in [0.2, 0.25) is 0 Å². The molecule has 2 aromatic carbocycles. The van der Waals surface area contributed by atoms with Gasteiger partial charge in [0.2, 0.25) is 0 Å². The number of Topliss-reactive ketones (excluding diaryl/α,β-unsaturated/α-hetero) is 1. The molecule has 2 aromatic heterocycles. The number of anilines is 1. The molecular formula is C31H27N3O6S. The summed E-state index contributed by atoms with van der Waals surface area (Å²) in [4.78, 5) is 49.1. The number of benzene rings is 2. The van der Waals surface area contributed by atoms with Gasteiger partial charge in [-0.2, -0.15) is 0 Å². The number of amides is 1. The number of hydrogen-bond acceptors (Lipinski definition) is 9. The van der Waals surface area contributed by atoms with Crippen LogP contribution >= 0.6 is 11.3 Å². The lowest BCUT2D eigenvalue weighted by molar-refractivity contribution is -0.132. The highest BCUT2D eigenvalue weighted by atomic mass is 32.1. The van der Waals surface area contributed by atoms with Crippen LogP contribution in [0.15, 0.2) is 78.6 Å². The number of esters is 1. The van der Waals surface area contributed by atoms with Crippen LogP contribution in [0, 0.1) is 13.8 Å². The Kier molecular flexibility index (Phi) is 7.93. The molecule has 0 radical (unpaired) electrons. The number of aliphatic hydroxyl groups is 1. The van der Waals surface area contributed by atoms with Crippen molar-refractivity contribution in [3.8, 4) is 5.75 Å². The molecule has 4 aromatic rings. The van der Waals surface area contributed by atoms with Gasteiger partial charge >= 0.3 is 11.9 Å². The van der Waals surface area contributed by atoms with E-state index in [1.807, 2.05) is 31.2 Å². The topological polar surface area (TPSA) is 119 Å². The predicted octanol–water partition coefficient (Wildman–Crippen LogP) is 5.54. The fourth-order valence-corrected chi connectivity index (χ4v) is 5.58. The van der Waals surface area contributed by atoms with E-state index in [4.69, 9.17) is 9.47 Å². The number of nitrogens with zero attached hydrogens (tertiary/aromatic N) is 3. The second-order valence-corrected chi connectivity index (χ2v) is 10.4. The van der Waals surface area contributed by atoms with Gasteiger partial charge in [0.15, 0.2) is 5.13 Å². The first-order valence-corrected chi connectivity index (χ1v) is 13.7. The zero-order valence-electron chi connectivity index (χ0n) is 22.7. The van der Waals surface area contributed by atoms with E-state index in [1.54, 1.807) is 50.2 Å². The van der Waals surface area contributed by atoms with Gasteiger partial charge in [0, 0.05) is 18.0 Å². The number of hydrogen-bond donors (Lipinski definition) is 1. The van der Waals surface area contributed by atoms with Crippen molar-refractivity contribution in [1.29, 1.82) is 0 Å². The molecule has 0 bridgehead atoms. The van der Waals surface area contributed by atoms with Gasteiger partial charge in [0.25, 0.3) is 5.78 Å². The van der Waals surface area contributed by atoms with Crippen molar-refractivity contribution in [2.45, 2.75) is 33.4 Å². The van der Waals surface area contributed by atoms with Crippen molar-refractivity contribution >= 4 is 39.9 Å². The Morgan fingerprint density at radius 3 is 2.46 bits per heavy atom. The van der Waals surface area contributed by atoms with Crippen molar-refractivity contribution in [3.63, 3.8) is 0 Å². The van der Waals surface area contributed by atoms with Crippen molar-refractivity contribution in [1.82, 2.24) is 9.97 Å². The molecule has 1 amide bonds. The smallest absolute Gasteiger partial charge is 0.350 e. The van der Waals surface area contributed by atoms with Crippen LogP contribution < -0.4 is 9.64 Å². The summed E-state index contributed by atoms with van der Waals surface area (Å²) < 4.78 is 11.0. The van der Waals surface area contributed by atoms with Crippen LogP contribution in [0.25, 0.3) is 5.76 Å². The molecule has 0 saturated carbocycles. The maximum Gasteiger partial charge on any atom is 0.350 e. The lowest BCUT2D eigenvalue weighted by Crippen LogP contribution is -2.29. The molecule has 1 N–H and O–H groups in total. The number of aryl methyl sites for hydroxylation is 2. The minimum absolute atomic E-state index is 0.0971. The Labute approximate surface area is 240 Å². The molecule has 41 heavy (non-hydrogen) atoms. The minimum atomic E-state index is -0.990. The Hall–Kier alpha value is -4.83. The molecule has 1 atom stereocenters. The second-order valence-electron chi connectivity index (χ2n) is 9.38. The minimum Gasteiger partial charge on any atom is -0.507 e. The van der Waals surface area contributed by atoms with E-state index >= 15 is 0 Å². The predicted molar refractivity (Wildman–Crippen MR) is 154 cm³/mol. The maximum atomic E-state index is 13.4. The third-order valence-electron chi connectivity index (χ3n) is 6.53. The molecule has 10 heteroatoms. The summed E-state index contributed by atoms with van der Waals surface area (Å²) in [5.41, 5.74) is 3.33. The Morgan fingerprint density at radius 2 is 1.78 bits per heavy atom. The van der Waals surface area contributed by atoms with Gasteiger partial charge < -0.3 is 14.6 Å². The van der Waals surface area contributed by atoms with E-state index in [9.17, 15) is 19.5 Å². The molecule has 1 fully saturated rings. The van der Waals surface area contributed by atoms with Crippen LogP contribution in [0.4, 0.5) is 5.13 Å². The first-order chi connectivity index (χ1) is 19.8. The van der Waals surface area contributed by atoms with Gasteiger partial charge in [-0.1, -0.05) is 41.2 Å². The van der Waals surface area contributed by atoms with Crippen molar-refractivity contribution in [2.24, 2.45) is 0 Å². The summed E-state index contributed by atoms with van der Waals surface area (Å²) in [6, 6.07) is 17.0. The maximum absolute atomic E-state index is 13.4. The molecule has 1 aliphatic heterocycles. The van der Waals surface area contributed by atoms with E-state index in [-0.39, 0.29) is 27.9 Å². The highest BCUT2D eigenvalue weighted by Crippen LogP contribution is 2.43. The zero-order chi connectivity index (χ0) is 29.1. The van der Waals surface area contributed by atoms with E-state index in [1.165, 1.54) is 17.3 Å². The number of aliphatic hydroxyl groups excluding tert-OH is 1. The van der Waals surface area contributed by atoms with Crippen molar-refractivity contribution < 1.29 is 29.0 Å². The van der Waals surface area contributed by atoms with E-state index in [0.717, 1.165) is 22.5 Å². The molecule has 1 unspecified atom stereocenters. The highest BCUT2D eigenvalue weighted by Gasteiger charge is 2.48. The summed E-state index contributed by atoms with van der Waals surface area (Å²) in [6.07, 6.45) is 3.07. The summed E-state index contributed by atoms with van der Waals surface area (Å²) >= 11 is 0.956. The standard InChI is InChI=1S/C31H27N3O6S/c1-4-39-30(38)28-19(3)33-31(41-28)34-25(21-12-14-32-15-13-21)24(27(36)29(34)37)26(35)22-8-10-23(11-9-22)40-17-20-7-5-6-18(2)16-20/h5-16,25,35H,4,17H2,1-3H3. The second kappa shape index (κ2) is 11.7. The third kappa shape index (κ3) is 5.59. The Bertz CT molecular complexity index is 1650. The quantitative estimate of drug-likeness (QED) is 0.127. The number of thiazole rings is 1. The molecule has 208 valence electrons. The van der Waals surface area contributed by atoms with Gasteiger partial charge in [0.1, 0.15) is 23.0 Å². The fourth-order valence-electron chi connectivity index (χ4n) is 4.60. The van der Waals surface area contributed by atoms with Crippen LogP contribution in [0.5, 0.6) is 5.75 Å². The lowest BCUT2D eigenvalue weighted by Gasteiger charge is -2.22. The molecule has 9 nitrogen and oxygen atoms in total. The SMILES string of the molecule is CCOC(=O)c1sc(N2C(=O)C(=O)C(=C(O)c3ccc(OCc4cccc(C)c4)cc3)C2c2ccncc2)nc1C. The molecule has 1 aliphatic rings. The largest absolute Gasteiger partial charge is 0.507 e. The van der Waals surface area contributed by atoms with Gasteiger partial charge in [-0.25, -0.2) is 9.78 Å². The van der Waals surface area contributed by atoms with Crippen molar-refractivity contribution in [2.75, 3.05) is 11.5 Å². The first kappa shape index (κ1) is 27.7. The molecule has 0 aliphatic carbocycles. The average Bonchev–Trinajstić information content (AvgIpc) is 3.48. The number of rotatable bonds is 8. The summed E-state index contributed by atoms with van der Waals surface area (Å²) in [7, 11) is 0. The molecule has 0 spiro atoms. The molecule has 1 saturated heterocycles. The molecule has 5 rings (SSSR count). The fraction of sp³-hybridized carbons (Fsp3) is 0.194. The Balaban J connectivity index is 1.50. The number of ether oxygens (including phenoxy) is 2. The number of ketones is 1. The van der Waals surface area contributed by atoms with E-state index < -0.39 is 23.7 Å². The number of carbonyl (C=O) groups excluding carboxylic acids is 3. The molecular weight excluding hydrogens is 542 g/mol. The summed E-state index contributed by atoms with van der Waals surface area (Å²) in [5.74, 6) is -2.04. The third-order valence-corrected chi connectivity index (χ3v) is 7.67. The monoisotopic (exact) mass is 569 g/mol. The normalized spacial score (nSPS) is 16.2. The van der Waals surface area contributed by atoms with Crippen LogP contribution in [0.1, 0.15) is 50.6 Å².